The average Bonchev–Trinajstić information content (AvgIpc) is 3.01. The molecule has 1 atom stereocenters. The minimum Gasteiger partial charge on any atom is -0.389 e. The zero-order valence-corrected chi connectivity index (χ0v) is 14.6. The Morgan fingerprint density at radius 1 is 1.20 bits per heavy atom. The third-order valence-electron chi connectivity index (χ3n) is 4.01. The molecule has 0 fully saturated rings. The van der Waals surface area contributed by atoms with E-state index in [1.165, 1.54) is 17.9 Å². The number of nitrogens with zero attached hydrogens (tertiary/aromatic N) is 4. The van der Waals surface area contributed by atoms with Gasteiger partial charge in [-0.1, -0.05) is 11.6 Å². The molecule has 2 aromatic heterocycles. The number of benzene rings is 1. The minimum atomic E-state index is -0.755. The fourth-order valence-corrected chi connectivity index (χ4v) is 2.76. The lowest BCUT2D eigenvalue weighted by Gasteiger charge is -2.14. The molecule has 1 aromatic carbocycles. The Morgan fingerprint density at radius 3 is 2.56 bits per heavy atom. The van der Waals surface area contributed by atoms with E-state index in [0.717, 1.165) is 10.3 Å². The normalized spacial score (nSPS) is 12.5. The van der Waals surface area contributed by atoms with Crippen LogP contribution in [0.3, 0.4) is 0 Å². The zero-order chi connectivity index (χ0) is 18.1. The smallest absolute Gasteiger partial charge is 0.332 e. The molecule has 0 saturated heterocycles. The first-order valence-electron chi connectivity index (χ1n) is 7.67. The Kier molecular flexibility index (Phi) is 4.65. The van der Waals surface area contributed by atoms with E-state index in [9.17, 15) is 14.7 Å². The van der Waals surface area contributed by atoms with Gasteiger partial charge in [-0.25, -0.2) is 9.78 Å². The Balaban J connectivity index is 1.80. The molecule has 0 bridgehead atoms. The van der Waals surface area contributed by atoms with Gasteiger partial charge in [-0.3, -0.25) is 13.9 Å². The van der Waals surface area contributed by atoms with Crippen LogP contribution in [-0.4, -0.2) is 36.4 Å². The van der Waals surface area contributed by atoms with Crippen molar-refractivity contribution in [2.45, 2.75) is 12.6 Å². The molecule has 132 valence electrons. The lowest BCUT2D eigenvalue weighted by atomic mass is 10.3. The number of aliphatic hydroxyl groups excluding tert-OH is 1. The third kappa shape index (κ3) is 3.31. The van der Waals surface area contributed by atoms with Crippen molar-refractivity contribution < 1.29 is 5.11 Å². The number of hydrogen-bond acceptors (Lipinski definition) is 5. The predicted molar refractivity (Wildman–Crippen MR) is 96.2 cm³/mol. The monoisotopic (exact) mass is 363 g/mol. The molecule has 0 spiro atoms. The van der Waals surface area contributed by atoms with Gasteiger partial charge >= 0.3 is 5.69 Å². The molecule has 0 aliphatic heterocycles. The molecule has 8 nitrogen and oxygen atoms in total. The van der Waals surface area contributed by atoms with Gasteiger partial charge in [0.1, 0.15) is 0 Å². The number of aromatic nitrogens is 4. The van der Waals surface area contributed by atoms with Crippen molar-refractivity contribution in [2.75, 3.05) is 11.9 Å². The highest BCUT2D eigenvalue weighted by Gasteiger charge is 2.16. The summed E-state index contributed by atoms with van der Waals surface area (Å²) in [6, 6.07) is 7.13. The van der Waals surface area contributed by atoms with Crippen molar-refractivity contribution in [1.29, 1.82) is 0 Å². The number of fused-ring (bicyclic) bond motifs is 1. The fourth-order valence-electron chi connectivity index (χ4n) is 2.63. The van der Waals surface area contributed by atoms with Crippen molar-refractivity contribution in [3.8, 4) is 0 Å². The Labute approximate surface area is 147 Å². The van der Waals surface area contributed by atoms with Crippen LogP contribution in [0.1, 0.15) is 0 Å². The number of nitrogens with one attached hydrogen (secondary N) is 1. The lowest BCUT2D eigenvalue weighted by molar-refractivity contribution is 0.168. The number of hydrogen-bond donors (Lipinski definition) is 2. The summed E-state index contributed by atoms with van der Waals surface area (Å²) in [5.74, 6) is 0. The van der Waals surface area contributed by atoms with Gasteiger partial charge in [0.2, 0.25) is 0 Å². The molecule has 2 N–H and O–H groups in total. The molecule has 0 amide bonds. The summed E-state index contributed by atoms with van der Waals surface area (Å²) in [5, 5.41) is 14.0. The summed E-state index contributed by atoms with van der Waals surface area (Å²) in [6.45, 7) is 0.456. The van der Waals surface area contributed by atoms with E-state index in [1.807, 2.05) is 12.1 Å². The van der Waals surface area contributed by atoms with Gasteiger partial charge in [0.05, 0.1) is 19.0 Å². The van der Waals surface area contributed by atoms with E-state index < -0.39 is 17.4 Å². The van der Waals surface area contributed by atoms with E-state index in [4.69, 9.17) is 11.6 Å². The number of rotatable bonds is 5. The first-order chi connectivity index (χ1) is 11.9. The van der Waals surface area contributed by atoms with Gasteiger partial charge in [0.25, 0.3) is 5.56 Å². The van der Waals surface area contributed by atoms with Crippen molar-refractivity contribution in [1.82, 2.24) is 18.7 Å². The zero-order valence-electron chi connectivity index (χ0n) is 13.8. The summed E-state index contributed by atoms with van der Waals surface area (Å²) in [6.07, 6.45) is 0.701. The summed E-state index contributed by atoms with van der Waals surface area (Å²) >= 11 is 5.83. The number of halogens is 1. The number of aliphatic hydroxyl groups is 1. The molecule has 0 unspecified atom stereocenters. The Hall–Kier alpha value is -2.58. The highest BCUT2D eigenvalue weighted by atomic mass is 35.5. The molecule has 9 heteroatoms. The number of imidazole rings is 1. The van der Waals surface area contributed by atoms with E-state index in [1.54, 1.807) is 23.7 Å². The first-order valence-corrected chi connectivity index (χ1v) is 8.04. The van der Waals surface area contributed by atoms with Crippen molar-refractivity contribution in [3.63, 3.8) is 0 Å². The largest absolute Gasteiger partial charge is 0.389 e. The maximum atomic E-state index is 12.4. The van der Waals surface area contributed by atoms with Crippen molar-refractivity contribution in [3.05, 3.63) is 56.5 Å². The molecule has 0 aliphatic carbocycles. The molecular formula is C16H18ClN5O3. The van der Waals surface area contributed by atoms with Gasteiger partial charge in [0.15, 0.2) is 11.2 Å². The second-order valence-electron chi connectivity index (χ2n) is 5.82. The third-order valence-corrected chi connectivity index (χ3v) is 4.26. The van der Waals surface area contributed by atoms with Gasteiger partial charge in [-0.15, -0.1) is 0 Å². The van der Waals surface area contributed by atoms with Gasteiger partial charge < -0.3 is 15.0 Å². The molecule has 0 radical (unpaired) electrons. The van der Waals surface area contributed by atoms with Crippen LogP contribution >= 0.6 is 11.6 Å². The van der Waals surface area contributed by atoms with Crippen LogP contribution in [0, 0.1) is 0 Å². The second-order valence-corrected chi connectivity index (χ2v) is 6.25. The van der Waals surface area contributed by atoms with Crippen molar-refractivity contribution >= 4 is 28.5 Å². The van der Waals surface area contributed by atoms with Gasteiger partial charge in [-0.2, -0.15) is 0 Å². The quantitative estimate of drug-likeness (QED) is 0.690. The average molecular weight is 364 g/mol. The number of aryl methyl sites for hydroxylation is 1. The van der Waals surface area contributed by atoms with E-state index in [2.05, 4.69) is 10.3 Å². The first kappa shape index (κ1) is 17.2. The molecule has 25 heavy (non-hydrogen) atoms. The fraction of sp³-hybridized carbons (Fsp3) is 0.312. The second kappa shape index (κ2) is 6.73. The predicted octanol–water partition coefficient (Wildman–Crippen LogP) is 0.560. The van der Waals surface area contributed by atoms with Crippen LogP contribution in [0.4, 0.5) is 5.69 Å². The molecule has 3 aromatic rings. The van der Waals surface area contributed by atoms with Gasteiger partial charge in [0, 0.05) is 31.4 Å². The van der Waals surface area contributed by atoms with E-state index in [0.29, 0.717) is 10.7 Å². The highest BCUT2D eigenvalue weighted by Crippen LogP contribution is 2.13. The highest BCUT2D eigenvalue weighted by molar-refractivity contribution is 6.30. The maximum Gasteiger partial charge on any atom is 0.332 e. The summed E-state index contributed by atoms with van der Waals surface area (Å²) in [4.78, 5) is 28.4. The SMILES string of the molecule is Cn1c(=O)c2c(ncn2C[C@@H](O)CNc2ccc(Cl)cc2)n(C)c1=O. The standard InChI is InChI=1S/C16H18ClN5O3/c1-20-14-13(15(24)21(2)16(20)25)22(9-19-14)8-12(23)7-18-11-5-3-10(17)4-6-11/h3-6,9,12,18,23H,7-8H2,1-2H3/t12-/m0/s1. The van der Waals surface area contributed by atoms with Crippen LogP contribution in [0.2, 0.25) is 5.02 Å². The van der Waals surface area contributed by atoms with Gasteiger partial charge in [-0.05, 0) is 24.3 Å². The van der Waals surface area contributed by atoms with Crippen LogP contribution in [-0.2, 0) is 20.6 Å². The molecule has 2 heterocycles. The molecular weight excluding hydrogens is 346 g/mol. The molecule has 0 aliphatic rings. The van der Waals surface area contributed by atoms with Crippen LogP contribution in [0.15, 0.2) is 40.2 Å². The van der Waals surface area contributed by atoms with Crippen LogP contribution < -0.4 is 16.6 Å². The Bertz CT molecular complexity index is 1020. The van der Waals surface area contributed by atoms with E-state index in [-0.39, 0.29) is 18.6 Å². The summed E-state index contributed by atoms with van der Waals surface area (Å²) < 4.78 is 3.90. The van der Waals surface area contributed by atoms with Crippen LogP contribution in [0.25, 0.3) is 11.2 Å². The topological polar surface area (TPSA) is 94.1 Å². The number of anilines is 1. The maximum absolute atomic E-state index is 12.4. The molecule has 0 saturated carbocycles. The van der Waals surface area contributed by atoms with Crippen LogP contribution in [0.5, 0.6) is 0 Å². The van der Waals surface area contributed by atoms with Crippen molar-refractivity contribution in [2.24, 2.45) is 14.1 Å². The Morgan fingerprint density at radius 2 is 1.88 bits per heavy atom. The van der Waals surface area contributed by atoms with E-state index >= 15 is 0 Å². The summed E-state index contributed by atoms with van der Waals surface area (Å²) in [7, 11) is 2.97. The summed E-state index contributed by atoms with van der Waals surface area (Å²) in [5.41, 5.74) is 0.541. The lowest BCUT2D eigenvalue weighted by Crippen LogP contribution is -2.38. The minimum absolute atomic E-state index is 0.171. The molecule has 3 rings (SSSR count).